The maximum Gasteiger partial charge on any atom is 0.505 e. The van der Waals surface area contributed by atoms with E-state index in [9.17, 15) is 9.46 Å². The molecule has 3 fully saturated rings. The molecule has 0 bridgehead atoms. The third-order valence-corrected chi connectivity index (χ3v) is 4.72. The van der Waals surface area contributed by atoms with E-state index in [1.165, 1.54) is 0 Å². The molecule has 3 heterocycles. The number of ether oxygens (including phenoxy) is 5. The summed E-state index contributed by atoms with van der Waals surface area (Å²) in [5, 5.41) is 0. The summed E-state index contributed by atoms with van der Waals surface area (Å²) in [5.41, 5.74) is 0. The lowest BCUT2D eigenvalue weighted by Gasteiger charge is -2.27. The second-order valence-electron chi connectivity index (χ2n) is 6.63. The average molecular weight is 321 g/mol. The van der Waals surface area contributed by atoms with E-state index < -0.39 is 25.9 Å². The molecule has 0 spiro atoms. The molecule has 6 atom stereocenters. The minimum Gasteiger partial charge on any atom is -0.348 e. The molecule has 0 saturated carbocycles. The van der Waals surface area contributed by atoms with Crippen LogP contribution in [0.3, 0.4) is 0 Å². The molecular formula is C13H22O7P+. The van der Waals surface area contributed by atoms with Crippen LogP contribution in [0, 0.1) is 5.92 Å². The van der Waals surface area contributed by atoms with Crippen molar-refractivity contribution in [1.82, 2.24) is 0 Å². The van der Waals surface area contributed by atoms with E-state index in [4.69, 9.17) is 23.7 Å². The SMILES string of the molecule is CC1(C)O[C@H]2O[C@H]([C@H]3COC(C)(C)O3)[C@@H](C[P+](=O)O)[C@H]2O1. The smallest absolute Gasteiger partial charge is 0.348 e. The van der Waals surface area contributed by atoms with Gasteiger partial charge < -0.3 is 23.7 Å². The van der Waals surface area contributed by atoms with Crippen molar-refractivity contribution in [3.8, 4) is 0 Å². The largest absolute Gasteiger partial charge is 0.505 e. The summed E-state index contributed by atoms with van der Waals surface area (Å²) in [6.45, 7) is 7.66. The Kier molecular flexibility index (Phi) is 3.90. The minimum absolute atomic E-state index is 0.0981. The van der Waals surface area contributed by atoms with Crippen LogP contribution in [0.15, 0.2) is 0 Å². The molecule has 1 N–H and O–H groups in total. The van der Waals surface area contributed by atoms with E-state index in [0.717, 1.165) is 0 Å². The Balaban J connectivity index is 1.77. The first kappa shape index (κ1) is 15.7. The summed E-state index contributed by atoms with van der Waals surface area (Å²) >= 11 is 0. The summed E-state index contributed by atoms with van der Waals surface area (Å²) in [5.74, 6) is -1.67. The van der Waals surface area contributed by atoms with Gasteiger partial charge in [-0.1, -0.05) is 0 Å². The second-order valence-corrected chi connectivity index (χ2v) is 7.70. The molecule has 3 aliphatic rings. The van der Waals surface area contributed by atoms with Crippen LogP contribution in [0.1, 0.15) is 27.7 Å². The molecule has 0 aromatic heterocycles. The molecule has 120 valence electrons. The van der Waals surface area contributed by atoms with Crippen LogP contribution in [0.2, 0.25) is 0 Å². The van der Waals surface area contributed by atoms with Crippen LogP contribution < -0.4 is 0 Å². The van der Waals surface area contributed by atoms with E-state index in [0.29, 0.717) is 6.61 Å². The Bertz CT molecular complexity index is 438. The van der Waals surface area contributed by atoms with Gasteiger partial charge in [-0.05, 0) is 32.3 Å². The molecule has 0 aromatic carbocycles. The Labute approximate surface area is 124 Å². The van der Waals surface area contributed by atoms with Crippen molar-refractivity contribution < 1.29 is 33.1 Å². The summed E-state index contributed by atoms with van der Waals surface area (Å²) in [4.78, 5) is 9.31. The zero-order valence-electron chi connectivity index (χ0n) is 12.6. The van der Waals surface area contributed by atoms with Gasteiger partial charge in [-0.3, -0.25) is 0 Å². The monoisotopic (exact) mass is 321 g/mol. The molecule has 8 heteroatoms. The lowest BCUT2D eigenvalue weighted by Crippen LogP contribution is -2.40. The van der Waals surface area contributed by atoms with Crippen molar-refractivity contribution in [1.29, 1.82) is 0 Å². The molecule has 3 rings (SSSR count). The first-order chi connectivity index (χ1) is 9.67. The molecule has 7 nitrogen and oxygen atoms in total. The average Bonchev–Trinajstić information content (AvgIpc) is 2.90. The lowest BCUT2D eigenvalue weighted by molar-refractivity contribution is -0.226. The molecule has 0 aromatic rings. The van der Waals surface area contributed by atoms with Crippen LogP contribution in [0.5, 0.6) is 0 Å². The Morgan fingerprint density at radius 2 is 1.81 bits per heavy atom. The Hall–Kier alpha value is -0.140. The third-order valence-electron chi connectivity index (χ3n) is 3.99. The summed E-state index contributed by atoms with van der Waals surface area (Å²) < 4.78 is 40.2. The standard InChI is InChI=1S/C13H21O7P/c1-12(2)16-5-8(18-12)9-7(6-21(14)15)10-11(17-9)20-13(3,4)19-10/h7-11H,5-6H2,1-4H3/p+1/t7-,8-,9+,10-,11-/m1/s1. The third kappa shape index (κ3) is 3.15. The van der Waals surface area contributed by atoms with Crippen molar-refractivity contribution in [3.63, 3.8) is 0 Å². The molecule has 3 aliphatic heterocycles. The van der Waals surface area contributed by atoms with Gasteiger partial charge in [-0.2, -0.15) is 4.89 Å². The summed E-state index contributed by atoms with van der Waals surface area (Å²) in [6, 6.07) is 0. The number of fused-ring (bicyclic) bond motifs is 1. The lowest BCUT2D eigenvalue weighted by atomic mass is 9.97. The van der Waals surface area contributed by atoms with Crippen LogP contribution in [-0.4, -0.2) is 53.8 Å². The van der Waals surface area contributed by atoms with E-state index in [1.807, 2.05) is 13.8 Å². The van der Waals surface area contributed by atoms with Crippen LogP contribution in [0.4, 0.5) is 0 Å². The first-order valence-corrected chi connectivity index (χ1v) is 8.53. The maximum absolute atomic E-state index is 11.3. The van der Waals surface area contributed by atoms with Crippen molar-refractivity contribution in [2.24, 2.45) is 5.92 Å². The van der Waals surface area contributed by atoms with Crippen LogP contribution in [0.25, 0.3) is 0 Å². The number of hydrogen-bond donors (Lipinski definition) is 1. The van der Waals surface area contributed by atoms with Gasteiger partial charge in [0.2, 0.25) is 0 Å². The molecule has 0 amide bonds. The predicted octanol–water partition coefficient (Wildman–Crippen LogP) is 1.37. The van der Waals surface area contributed by atoms with Crippen molar-refractivity contribution in [2.45, 2.75) is 63.9 Å². The van der Waals surface area contributed by atoms with Gasteiger partial charge in [-0.15, -0.1) is 0 Å². The van der Waals surface area contributed by atoms with Gasteiger partial charge >= 0.3 is 8.03 Å². The molecule has 3 saturated heterocycles. The van der Waals surface area contributed by atoms with Crippen LogP contribution in [-0.2, 0) is 28.2 Å². The zero-order chi connectivity index (χ0) is 15.4. The highest BCUT2D eigenvalue weighted by molar-refractivity contribution is 7.38. The highest BCUT2D eigenvalue weighted by Gasteiger charge is 2.59. The topological polar surface area (TPSA) is 83.5 Å². The van der Waals surface area contributed by atoms with E-state index in [-0.39, 0.29) is 30.4 Å². The van der Waals surface area contributed by atoms with Gasteiger partial charge in [-0.25, -0.2) is 0 Å². The van der Waals surface area contributed by atoms with Gasteiger partial charge in [0.15, 0.2) is 24.0 Å². The van der Waals surface area contributed by atoms with Gasteiger partial charge in [0.05, 0.1) is 18.6 Å². The first-order valence-electron chi connectivity index (χ1n) is 7.13. The molecule has 0 aliphatic carbocycles. The fraction of sp³-hybridized carbons (Fsp3) is 1.00. The summed E-state index contributed by atoms with van der Waals surface area (Å²) in [6.07, 6.45) is -1.45. The summed E-state index contributed by atoms with van der Waals surface area (Å²) in [7, 11) is -2.29. The maximum atomic E-state index is 11.3. The molecule has 0 radical (unpaired) electrons. The number of hydrogen-bond acceptors (Lipinski definition) is 6. The van der Waals surface area contributed by atoms with E-state index in [2.05, 4.69) is 0 Å². The number of rotatable bonds is 3. The van der Waals surface area contributed by atoms with E-state index in [1.54, 1.807) is 13.8 Å². The molecule has 21 heavy (non-hydrogen) atoms. The highest BCUT2D eigenvalue weighted by Crippen LogP contribution is 2.45. The molecule has 1 unspecified atom stereocenters. The normalized spacial score (nSPS) is 44.8. The van der Waals surface area contributed by atoms with Gasteiger partial charge in [0, 0.05) is 0 Å². The zero-order valence-corrected chi connectivity index (χ0v) is 13.5. The van der Waals surface area contributed by atoms with Gasteiger partial charge in [0.1, 0.15) is 12.2 Å². The predicted molar refractivity (Wildman–Crippen MR) is 71.8 cm³/mol. The quantitative estimate of drug-likeness (QED) is 0.786. The fourth-order valence-corrected chi connectivity index (χ4v) is 4.00. The van der Waals surface area contributed by atoms with Crippen LogP contribution >= 0.6 is 8.03 Å². The fourth-order valence-electron chi connectivity index (χ4n) is 3.22. The second kappa shape index (κ2) is 5.20. The van der Waals surface area contributed by atoms with E-state index >= 15 is 0 Å². The Morgan fingerprint density at radius 1 is 1.10 bits per heavy atom. The molecular weight excluding hydrogens is 299 g/mol. The Morgan fingerprint density at radius 3 is 2.38 bits per heavy atom. The van der Waals surface area contributed by atoms with Crippen molar-refractivity contribution in [2.75, 3.05) is 12.8 Å². The highest BCUT2D eigenvalue weighted by atomic mass is 31.1. The minimum atomic E-state index is -2.29. The van der Waals surface area contributed by atoms with Gasteiger partial charge in [0.25, 0.3) is 0 Å². The van der Waals surface area contributed by atoms with Crippen molar-refractivity contribution in [3.05, 3.63) is 0 Å². The van der Waals surface area contributed by atoms with Crippen molar-refractivity contribution >= 4 is 8.03 Å².